The quantitative estimate of drug-likeness (QED) is 0.557. The number of carbonyl (C=O) groups excluding carboxylic acids is 2. The van der Waals surface area contributed by atoms with E-state index in [4.69, 9.17) is 14.0 Å². The molecule has 1 aromatic carbocycles. The lowest BCUT2D eigenvalue weighted by molar-refractivity contribution is -0.145. The summed E-state index contributed by atoms with van der Waals surface area (Å²) in [5.74, 6) is -0.149. The van der Waals surface area contributed by atoms with Gasteiger partial charge in [-0.25, -0.2) is 9.78 Å². The van der Waals surface area contributed by atoms with Gasteiger partial charge in [-0.3, -0.25) is 4.79 Å². The zero-order valence-corrected chi connectivity index (χ0v) is 17.1. The van der Waals surface area contributed by atoms with Gasteiger partial charge in [-0.2, -0.15) is 0 Å². The highest BCUT2D eigenvalue weighted by atomic mass is 16.5. The molecule has 0 aliphatic rings. The molecule has 0 fully saturated rings. The van der Waals surface area contributed by atoms with Crippen LogP contribution in [0.3, 0.4) is 0 Å². The first-order chi connectivity index (χ1) is 13.9. The molecule has 3 aromatic rings. The van der Waals surface area contributed by atoms with Crippen LogP contribution in [0.15, 0.2) is 28.8 Å². The van der Waals surface area contributed by atoms with Crippen LogP contribution in [-0.4, -0.2) is 28.7 Å². The molecule has 0 atom stereocenters. The summed E-state index contributed by atoms with van der Waals surface area (Å²) in [6, 6.07) is 7.53. The van der Waals surface area contributed by atoms with Crippen LogP contribution in [-0.2, 0) is 27.3 Å². The molecule has 2 aromatic heterocycles. The second-order valence-corrected chi connectivity index (χ2v) is 6.76. The summed E-state index contributed by atoms with van der Waals surface area (Å²) in [4.78, 5) is 29.3. The molecule has 0 unspecified atom stereocenters. The Morgan fingerprint density at radius 2 is 1.86 bits per heavy atom. The fraction of sp³-hybridized carbons (Fsp3) is 0.364. The lowest BCUT2D eigenvalue weighted by Gasteiger charge is -2.14. The molecule has 0 N–H and O–H groups in total. The number of fused-ring (bicyclic) bond motifs is 1. The topological polar surface area (TPSA) is 91.5 Å². The number of hydrogen-bond donors (Lipinski definition) is 0. The fourth-order valence-corrected chi connectivity index (χ4v) is 3.33. The Labute approximate surface area is 169 Å². The van der Waals surface area contributed by atoms with Crippen LogP contribution >= 0.6 is 0 Å². The molecule has 152 valence electrons. The van der Waals surface area contributed by atoms with Gasteiger partial charge >= 0.3 is 11.9 Å². The Morgan fingerprint density at radius 1 is 1.10 bits per heavy atom. The van der Waals surface area contributed by atoms with Crippen LogP contribution in [0.5, 0.6) is 0 Å². The fourth-order valence-electron chi connectivity index (χ4n) is 3.33. The van der Waals surface area contributed by atoms with E-state index in [1.807, 2.05) is 45.0 Å². The Kier molecular flexibility index (Phi) is 6.26. The van der Waals surface area contributed by atoms with Gasteiger partial charge in [-0.05, 0) is 45.7 Å². The maximum absolute atomic E-state index is 12.5. The normalized spacial score (nSPS) is 10.9. The molecule has 7 nitrogen and oxygen atoms in total. The molecule has 0 saturated carbocycles. The highest BCUT2D eigenvalue weighted by Crippen LogP contribution is 2.24. The molecule has 29 heavy (non-hydrogen) atoms. The summed E-state index contributed by atoms with van der Waals surface area (Å²) in [5.41, 5.74) is 3.92. The molecule has 0 radical (unpaired) electrons. The maximum atomic E-state index is 12.5. The van der Waals surface area contributed by atoms with Crippen molar-refractivity contribution in [3.05, 3.63) is 58.1 Å². The van der Waals surface area contributed by atoms with Crippen molar-refractivity contribution >= 4 is 22.8 Å². The standard InChI is InChI=1S/C22H24N2O5/c1-5-27-22(26)21-13(2)16-8-6-7-9-18(16)23-19(21)12-28-20(25)11-10-17-14(3)24-29-15(17)4/h6-9H,5,10-12H2,1-4H3. The average Bonchev–Trinajstić information content (AvgIpc) is 3.02. The molecule has 0 amide bonds. The van der Waals surface area contributed by atoms with Crippen molar-refractivity contribution < 1.29 is 23.6 Å². The predicted molar refractivity (Wildman–Crippen MR) is 107 cm³/mol. The molecule has 0 spiro atoms. The van der Waals surface area contributed by atoms with Gasteiger partial charge < -0.3 is 14.0 Å². The molecule has 0 aliphatic heterocycles. The minimum Gasteiger partial charge on any atom is -0.462 e. The zero-order chi connectivity index (χ0) is 21.0. The van der Waals surface area contributed by atoms with E-state index in [-0.39, 0.29) is 25.6 Å². The summed E-state index contributed by atoms with van der Waals surface area (Å²) < 4.78 is 15.7. The number of aryl methyl sites for hydroxylation is 3. The third-order valence-corrected chi connectivity index (χ3v) is 4.84. The number of para-hydroxylation sites is 1. The number of hydrogen-bond acceptors (Lipinski definition) is 7. The van der Waals surface area contributed by atoms with Gasteiger partial charge in [0.25, 0.3) is 0 Å². The summed E-state index contributed by atoms with van der Waals surface area (Å²) in [7, 11) is 0. The largest absolute Gasteiger partial charge is 0.462 e. The second kappa shape index (κ2) is 8.86. The summed E-state index contributed by atoms with van der Waals surface area (Å²) in [6.07, 6.45) is 0.666. The first-order valence-corrected chi connectivity index (χ1v) is 9.55. The summed E-state index contributed by atoms with van der Waals surface area (Å²) in [6.45, 7) is 7.40. The molecule has 3 rings (SSSR count). The zero-order valence-electron chi connectivity index (χ0n) is 17.1. The Bertz CT molecular complexity index is 1040. The molecule has 0 saturated heterocycles. The van der Waals surface area contributed by atoms with Crippen molar-refractivity contribution in [2.75, 3.05) is 6.61 Å². The first-order valence-electron chi connectivity index (χ1n) is 9.55. The lowest BCUT2D eigenvalue weighted by Crippen LogP contribution is -2.15. The third-order valence-electron chi connectivity index (χ3n) is 4.84. The number of esters is 2. The Balaban J connectivity index is 1.78. The number of ether oxygens (including phenoxy) is 2. The number of pyridine rings is 1. The molecule has 7 heteroatoms. The third kappa shape index (κ3) is 4.45. The number of carbonyl (C=O) groups is 2. The molecular weight excluding hydrogens is 372 g/mol. The van der Waals surface area contributed by atoms with Crippen molar-refractivity contribution in [2.45, 2.75) is 47.1 Å². The van der Waals surface area contributed by atoms with Gasteiger partial charge in [0.15, 0.2) is 0 Å². The van der Waals surface area contributed by atoms with Gasteiger partial charge in [-0.1, -0.05) is 23.4 Å². The summed E-state index contributed by atoms with van der Waals surface area (Å²) >= 11 is 0. The van der Waals surface area contributed by atoms with E-state index < -0.39 is 5.97 Å². The van der Waals surface area contributed by atoms with E-state index in [2.05, 4.69) is 10.1 Å². The van der Waals surface area contributed by atoms with E-state index in [1.54, 1.807) is 6.92 Å². The van der Waals surface area contributed by atoms with Crippen LogP contribution in [0.2, 0.25) is 0 Å². The van der Waals surface area contributed by atoms with E-state index in [9.17, 15) is 9.59 Å². The van der Waals surface area contributed by atoms with Gasteiger partial charge in [0, 0.05) is 17.4 Å². The van der Waals surface area contributed by atoms with Crippen molar-refractivity contribution in [1.82, 2.24) is 10.1 Å². The number of nitrogens with zero attached hydrogens (tertiary/aromatic N) is 2. The molecule has 0 bridgehead atoms. The Hall–Kier alpha value is -3.22. The van der Waals surface area contributed by atoms with Crippen LogP contribution in [0.25, 0.3) is 10.9 Å². The second-order valence-electron chi connectivity index (χ2n) is 6.76. The highest BCUT2D eigenvalue weighted by molar-refractivity contribution is 5.98. The van der Waals surface area contributed by atoms with E-state index in [0.717, 1.165) is 27.7 Å². The van der Waals surface area contributed by atoms with Crippen LogP contribution in [0.1, 0.15) is 52.0 Å². The smallest absolute Gasteiger partial charge is 0.340 e. The van der Waals surface area contributed by atoms with Gasteiger partial charge in [0.05, 0.1) is 29.1 Å². The predicted octanol–water partition coefficient (Wildman–Crippen LogP) is 4.00. The average molecular weight is 396 g/mol. The van der Waals surface area contributed by atoms with E-state index in [1.165, 1.54) is 0 Å². The number of rotatable bonds is 7. The Morgan fingerprint density at radius 3 is 2.55 bits per heavy atom. The van der Waals surface area contributed by atoms with Gasteiger partial charge in [0.1, 0.15) is 12.4 Å². The summed E-state index contributed by atoms with van der Waals surface area (Å²) in [5, 5.41) is 4.75. The molecule has 0 aliphatic carbocycles. The van der Waals surface area contributed by atoms with E-state index in [0.29, 0.717) is 23.4 Å². The minimum absolute atomic E-state index is 0.0970. The van der Waals surface area contributed by atoms with Crippen molar-refractivity contribution in [3.8, 4) is 0 Å². The lowest BCUT2D eigenvalue weighted by atomic mass is 10.0. The van der Waals surface area contributed by atoms with Crippen molar-refractivity contribution in [3.63, 3.8) is 0 Å². The van der Waals surface area contributed by atoms with Crippen LogP contribution in [0, 0.1) is 20.8 Å². The highest BCUT2D eigenvalue weighted by Gasteiger charge is 2.21. The van der Waals surface area contributed by atoms with Gasteiger partial charge in [0.2, 0.25) is 0 Å². The van der Waals surface area contributed by atoms with Gasteiger partial charge in [-0.15, -0.1) is 0 Å². The molecule has 2 heterocycles. The maximum Gasteiger partial charge on any atom is 0.340 e. The molecular formula is C22H24N2O5. The first kappa shape index (κ1) is 20.5. The van der Waals surface area contributed by atoms with E-state index >= 15 is 0 Å². The minimum atomic E-state index is -0.468. The van der Waals surface area contributed by atoms with Crippen LogP contribution in [0.4, 0.5) is 0 Å². The monoisotopic (exact) mass is 396 g/mol. The van der Waals surface area contributed by atoms with Crippen molar-refractivity contribution in [2.24, 2.45) is 0 Å². The van der Waals surface area contributed by atoms with Crippen molar-refractivity contribution in [1.29, 1.82) is 0 Å². The number of benzene rings is 1. The number of aromatic nitrogens is 2. The van der Waals surface area contributed by atoms with Crippen LogP contribution < -0.4 is 0 Å². The SMILES string of the molecule is CCOC(=O)c1c(COC(=O)CCc2c(C)noc2C)nc2ccccc2c1C.